The highest BCUT2D eigenvalue weighted by Crippen LogP contribution is 2.10. The minimum Gasteiger partial charge on any atom is -0.348 e. The summed E-state index contributed by atoms with van der Waals surface area (Å²) in [6, 6.07) is 14.4. The second-order valence-corrected chi connectivity index (χ2v) is 5.05. The summed E-state index contributed by atoms with van der Waals surface area (Å²) >= 11 is 0. The highest BCUT2D eigenvalue weighted by atomic mass is 16.1. The molecule has 0 atom stereocenters. The molecule has 22 heavy (non-hydrogen) atoms. The zero-order valence-electron chi connectivity index (χ0n) is 12.1. The summed E-state index contributed by atoms with van der Waals surface area (Å²) in [5, 5.41) is 3.36. The molecule has 0 aliphatic rings. The number of amides is 1. The van der Waals surface area contributed by atoms with Crippen molar-refractivity contribution in [3.8, 4) is 0 Å². The van der Waals surface area contributed by atoms with Gasteiger partial charge in [-0.25, -0.2) is 4.98 Å². The number of aromatic nitrogens is 2. The van der Waals surface area contributed by atoms with Crippen LogP contribution in [0.1, 0.15) is 21.7 Å². The molecule has 5 heteroatoms. The molecule has 0 spiro atoms. The lowest BCUT2D eigenvalue weighted by Gasteiger charge is -2.06. The van der Waals surface area contributed by atoms with Crippen LogP contribution in [0.25, 0.3) is 10.9 Å². The normalized spacial score (nSPS) is 10.6. The van der Waals surface area contributed by atoms with E-state index < -0.39 is 0 Å². The number of aromatic amines is 1. The Bertz CT molecular complexity index is 885. The van der Waals surface area contributed by atoms with Crippen molar-refractivity contribution in [3.63, 3.8) is 0 Å². The van der Waals surface area contributed by atoms with E-state index in [1.807, 2.05) is 24.3 Å². The van der Waals surface area contributed by atoms with E-state index in [9.17, 15) is 9.59 Å². The van der Waals surface area contributed by atoms with Crippen molar-refractivity contribution in [2.75, 3.05) is 0 Å². The first-order chi connectivity index (χ1) is 10.6. The van der Waals surface area contributed by atoms with E-state index >= 15 is 0 Å². The summed E-state index contributed by atoms with van der Waals surface area (Å²) < 4.78 is 0. The van der Waals surface area contributed by atoms with Crippen LogP contribution in [0.4, 0.5) is 0 Å². The third-order valence-corrected chi connectivity index (χ3v) is 3.38. The third-order valence-electron chi connectivity index (χ3n) is 3.38. The molecule has 2 aromatic carbocycles. The van der Waals surface area contributed by atoms with Gasteiger partial charge in [0.2, 0.25) is 0 Å². The lowest BCUT2D eigenvalue weighted by atomic mass is 10.1. The van der Waals surface area contributed by atoms with Gasteiger partial charge in [-0.1, -0.05) is 24.3 Å². The first-order valence-electron chi connectivity index (χ1n) is 6.96. The van der Waals surface area contributed by atoms with Crippen molar-refractivity contribution >= 4 is 16.8 Å². The molecule has 0 radical (unpaired) electrons. The Kier molecular flexibility index (Phi) is 3.70. The Morgan fingerprint density at radius 1 is 1.18 bits per heavy atom. The Labute approximate surface area is 127 Å². The SMILES string of the molecule is Cc1nc2ccc(CNC(=O)c3ccccc3)cc2c(=O)[nH]1. The molecule has 0 aliphatic heterocycles. The van der Waals surface area contributed by atoms with Crippen molar-refractivity contribution in [2.24, 2.45) is 0 Å². The first kappa shape index (κ1) is 14.0. The molecule has 0 saturated heterocycles. The number of hydrogen-bond donors (Lipinski definition) is 2. The smallest absolute Gasteiger partial charge is 0.258 e. The number of fused-ring (bicyclic) bond motifs is 1. The molecule has 3 rings (SSSR count). The predicted octanol–water partition coefficient (Wildman–Crippen LogP) is 2.16. The van der Waals surface area contributed by atoms with Gasteiger partial charge in [-0.15, -0.1) is 0 Å². The standard InChI is InChI=1S/C17H15N3O2/c1-11-19-15-8-7-12(9-14(15)17(22)20-11)10-18-16(21)13-5-3-2-4-6-13/h2-9H,10H2,1H3,(H,18,21)(H,19,20,22). The van der Waals surface area contributed by atoms with Crippen LogP contribution in [-0.4, -0.2) is 15.9 Å². The second kappa shape index (κ2) is 5.81. The topological polar surface area (TPSA) is 74.8 Å². The van der Waals surface area contributed by atoms with Gasteiger partial charge in [0.1, 0.15) is 5.82 Å². The van der Waals surface area contributed by atoms with Crippen LogP contribution in [0.5, 0.6) is 0 Å². The molecular formula is C17H15N3O2. The predicted molar refractivity (Wildman–Crippen MR) is 84.7 cm³/mol. The van der Waals surface area contributed by atoms with Crippen molar-refractivity contribution in [2.45, 2.75) is 13.5 Å². The molecule has 2 N–H and O–H groups in total. The molecule has 0 fully saturated rings. The molecular weight excluding hydrogens is 278 g/mol. The van der Waals surface area contributed by atoms with Crippen LogP contribution in [0, 0.1) is 6.92 Å². The number of H-pyrrole nitrogens is 1. The Morgan fingerprint density at radius 2 is 1.95 bits per heavy atom. The lowest BCUT2D eigenvalue weighted by molar-refractivity contribution is 0.0951. The first-order valence-corrected chi connectivity index (χ1v) is 6.96. The highest BCUT2D eigenvalue weighted by Gasteiger charge is 2.06. The van der Waals surface area contributed by atoms with Gasteiger partial charge in [-0.05, 0) is 36.8 Å². The van der Waals surface area contributed by atoms with Gasteiger partial charge < -0.3 is 10.3 Å². The quantitative estimate of drug-likeness (QED) is 0.777. The molecule has 110 valence electrons. The van der Waals surface area contributed by atoms with E-state index in [4.69, 9.17) is 0 Å². The zero-order valence-corrected chi connectivity index (χ0v) is 12.1. The molecule has 0 saturated carbocycles. The monoisotopic (exact) mass is 293 g/mol. The molecule has 0 aliphatic carbocycles. The number of hydrogen-bond acceptors (Lipinski definition) is 3. The number of nitrogens with zero attached hydrogens (tertiary/aromatic N) is 1. The summed E-state index contributed by atoms with van der Waals surface area (Å²) in [6.45, 7) is 2.10. The number of aryl methyl sites for hydroxylation is 1. The molecule has 1 amide bonds. The maximum Gasteiger partial charge on any atom is 0.258 e. The van der Waals surface area contributed by atoms with E-state index in [2.05, 4.69) is 15.3 Å². The Morgan fingerprint density at radius 3 is 2.73 bits per heavy atom. The van der Waals surface area contributed by atoms with Gasteiger partial charge >= 0.3 is 0 Å². The van der Waals surface area contributed by atoms with Crippen LogP contribution in [0.2, 0.25) is 0 Å². The van der Waals surface area contributed by atoms with Gasteiger partial charge in [0.15, 0.2) is 0 Å². The van der Waals surface area contributed by atoms with Gasteiger partial charge in [0.05, 0.1) is 10.9 Å². The molecule has 1 heterocycles. The summed E-state index contributed by atoms with van der Waals surface area (Å²) in [5.41, 5.74) is 1.95. The summed E-state index contributed by atoms with van der Waals surface area (Å²) in [6.07, 6.45) is 0. The maximum absolute atomic E-state index is 12.0. The van der Waals surface area contributed by atoms with E-state index in [0.29, 0.717) is 28.8 Å². The average Bonchev–Trinajstić information content (AvgIpc) is 2.53. The van der Waals surface area contributed by atoms with E-state index in [1.54, 1.807) is 31.2 Å². The number of carbonyl (C=O) groups is 1. The largest absolute Gasteiger partial charge is 0.348 e. The average molecular weight is 293 g/mol. The number of rotatable bonds is 3. The van der Waals surface area contributed by atoms with E-state index in [-0.39, 0.29) is 11.5 Å². The van der Waals surface area contributed by atoms with Crippen LogP contribution < -0.4 is 10.9 Å². The second-order valence-electron chi connectivity index (χ2n) is 5.05. The molecule has 5 nitrogen and oxygen atoms in total. The number of nitrogens with one attached hydrogen (secondary N) is 2. The minimum atomic E-state index is -0.168. The third kappa shape index (κ3) is 2.88. The summed E-state index contributed by atoms with van der Waals surface area (Å²) in [7, 11) is 0. The van der Waals surface area contributed by atoms with Crippen LogP contribution in [0.15, 0.2) is 53.3 Å². The van der Waals surface area contributed by atoms with Crippen LogP contribution >= 0.6 is 0 Å². The number of benzene rings is 2. The Hall–Kier alpha value is -2.95. The summed E-state index contributed by atoms with van der Waals surface area (Å²) in [4.78, 5) is 30.9. The van der Waals surface area contributed by atoms with Crippen LogP contribution in [-0.2, 0) is 6.54 Å². The van der Waals surface area contributed by atoms with Crippen molar-refractivity contribution in [1.82, 2.24) is 15.3 Å². The van der Waals surface area contributed by atoms with Gasteiger partial charge in [-0.2, -0.15) is 0 Å². The highest BCUT2D eigenvalue weighted by molar-refractivity contribution is 5.94. The molecule has 0 bridgehead atoms. The molecule has 3 aromatic rings. The Balaban J connectivity index is 1.80. The van der Waals surface area contributed by atoms with Crippen molar-refractivity contribution in [1.29, 1.82) is 0 Å². The van der Waals surface area contributed by atoms with Crippen LogP contribution in [0.3, 0.4) is 0 Å². The maximum atomic E-state index is 12.0. The van der Waals surface area contributed by atoms with Gasteiger partial charge in [0.25, 0.3) is 11.5 Å². The fourth-order valence-electron chi connectivity index (χ4n) is 2.29. The van der Waals surface area contributed by atoms with Crippen molar-refractivity contribution < 1.29 is 4.79 Å². The zero-order chi connectivity index (χ0) is 15.5. The van der Waals surface area contributed by atoms with E-state index in [1.165, 1.54) is 0 Å². The fraction of sp³-hybridized carbons (Fsp3) is 0.118. The summed E-state index contributed by atoms with van der Waals surface area (Å²) in [5.74, 6) is 0.444. The van der Waals surface area contributed by atoms with Crippen molar-refractivity contribution in [3.05, 3.63) is 75.8 Å². The number of carbonyl (C=O) groups excluding carboxylic acids is 1. The van der Waals surface area contributed by atoms with Gasteiger partial charge in [-0.3, -0.25) is 9.59 Å². The van der Waals surface area contributed by atoms with Gasteiger partial charge in [0, 0.05) is 12.1 Å². The molecule has 0 unspecified atom stereocenters. The fourth-order valence-corrected chi connectivity index (χ4v) is 2.29. The lowest BCUT2D eigenvalue weighted by Crippen LogP contribution is -2.22. The van der Waals surface area contributed by atoms with E-state index in [0.717, 1.165) is 5.56 Å². The molecule has 1 aromatic heterocycles. The minimum absolute atomic E-state index is 0.142.